The normalized spacial score (nSPS) is 9.24. The average Bonchev–Trinajstić information content (AvgIpc) is 2.48. The van der Waals surface area contributed by atoms with E-state index in [9.17, 15) is 9.59 Å². The monoisotopic (exact) mass is 291 g/mol. The van der Waals surface area contributed by atoms with Crippen LogP contribution in [0.25, 0.3) is 0 Å². The van der Waals surface area contributed by atoms with Crippen LogP contribution >= 0.6 is 0 Å². The summed E-state index contributed by atoms with van der Waals surface area (Å²) >= 11 is 0. The Balaban J connectivity index is 2.74. The van der Waals surface area contributed by atoms with Crippen LogP contribution in [0.2, 0.25) is 0 Å². The van der Waals surface area contributed by atoms with Gasteiger partial charge in [0.25, 0.3) is 5.91 Å². The Morgan fingerprint density at radius 1 is 1.38 bits per heavy atom. The number of benzene rings is 1. The molecule has 0 atom stereocenters. The molecule has 0 radical (unpaired) electrons. The summed E-state index contributed by atoms with van der Waals surface area (Å²) in [6.45, 7) is 0.388. The maximum Gasteiger partial charge on any atom is 0.404 e. The van der Waals surface area contributed by atoms with E-state index in [2.05, 4.69) is 21.9 Å². The molecular formula is C14H17N3O4. The number of carbonyl (C=O) groups excluding carboxylic acids is 2. The van der Waals surface area contributed by atoms with Crippen LogP contribution in [0.4, 0.5) is 4.79 Å². The Bertz CT molecular complexity index is 575. The largest absolute Gasteiger partial charge is 0.495 e. The van der Waals surface area contributed by atoms with Gasteiger partial charge in [-0.05, 0) is 18.2 Å². The van der Waals surface area contributed by atoms with Gasteiger partial charge < -0.3 is 26.3 Å². The fourth-order valence-electron chi connectivity index (χ4n) is 1.51. The third-order valence-electron chi connectivity index (χ3n) is 2.42. The molecule has 2 amide bonds. The van der Waals surface area contributed by atoms with E-state index in [1.807, 2.05) is 0 Å². The van der Waals surface area contributed by atoms with Crippen molar-refractivity contribution in [3.05, 3.63) is 29.3 Å². The molecule has 112 valence electrons. The van der Waals surface area contributed by atoms with Crippen molar-refractivity contribution < 1.29 is 19.1 Å². The van der Waals surface area contributed by atoms with Gasteiger partial charge in [0, 0.05) is 5.56 Å². The smallest absolute Gasteiger partial charge is 0.404 e. The molecule has 7 heteroatoms. The number of nitrogens with one attached hydrogen (secondary N) is 1. The zero-order chi connectivity index (χ0) is 15.7. The second-order valence-electron chi connectivity index (χ2n) is 3.84. The Morgan fingerprint density at radius 3 is 2.76 bits per heavy atom. The van der Waals surface area contributed by atoms with E-state index in [1.54, 1.807) is 18.2 Å². The maximum absolute atomic E-state index is 11.9. The number of nitrogens with two attached hydrogens (primary N) is 2. The highest BCUT2D eigenvalue weighted by molar-refractivity contribution is 5.94. The molecule has 0 aliphatic rings. The fraction of sp³-hybridized carbons (Fsp3) is 0.286. The van der Waals surface area contributed by atoms with Gasteiger partial charge in [0.05, 0.1) is 25.8 Å². The first-order valence-electron chi connectivity index (χ1n) is 6.16. The van der Waals surface area contributed by atoms with Crippen LogP contribution in [0, 0.1) is 11.8 Å². The molecule has 1 rings (SSSR count). The number of hydrogen-bond donors (Lipinski definition) is 3. The van der Waals surface area contributed by atoms with E-state index in [-0.39, 0.29) is 25.6 Å². The highest BCUT2D eigenvalue weighted by atomic mass is 16.5. The highest BCUT2D eigenvalue weighted by Gasteiger charge is 2.09. The van der Waals surface area contributed by atoms with E-state index in [1.165, 1.54) is 7.11 Å². The highest BCUT2D eigenvalue weighted by Crippen LogP contribution is 2.18. The van der Waals surface area contributed by atoms with Crippen molar-refractivity contribution in [1.82, 2.24) is 5.32 Å². The van der Waals surface area contributed by atoms with Crippen LogP contribution in [0.5, 0.6) is 5.75 Å². The number of rotatable bonds is 5. The standard InChI is InChI=1S/C14H17N3O4/c1-20-12-5-4-11(9-10(12)3-2-6-15)13(18)17-7-8-21-14(16)19/h4-5,9H,6-8,15H2,1H3,(H2,16,19)(H,17,18). The molecule has 0 heterocycles. The van der Waals surface area contributed by atoms with Crippen LogP contribution in [0.3, 0.4) is 0 Å². The lowest BCUT2D eigenvalue weighted by molar-refractivity contribution is 0.0936. The second kappa shape index (κ2) is 8.45. The van der Waals surface area contributed by atoms with Gasteiger partial charge in [-0.1, -0.05) is 11.8 Å². The van der Waals surface area contributed by atoms with Crippen LogP contribution in [-0.4, -0.2) is 38.8 Å². The van der Waals surface area contributed by atoms with Crippen LogP contribution in [-0.2, 0) is 4.74 Å². The summed E-state index contributed by atoms with van der Waals surface area (Å²) in [5, 5.41) is 2.59. The molecule has 0 aromatic heterocycles. The summed E-state index contributed by atoms with van der Waals surface area (Å²) in [6, 6.07) is 4.86. The minimum atomic E-state index is -0.881. The molecule has 0 bridgehead atoms. The number of carbonyl (C=O) groups is 2. The zero-order valence-corrected chi connectivity index (χ0v) is 11.6. The van der Waals surface area contributed by atoms with Crippen molar-refractivity contribution in [2.24, 2.45) is 11.5 Å². The van der Waals surface area contributed by atoms with Crippen LogP contribution in [0.1, 0.15) is 15.9 Å². The maximum atomic E-state index is 11.9. The molecule has 0 unspecified atom stereocenters. The van der Waals surface area contributed by atoms with Gasteiger partial charge >= 0.3 is 6.09 Å². The summed E-state index contributed by atoms with van der Waals surface area (Å²) in [7, 11) is 1.52. The van der Waals surface area contributed by atoms with Gasteiger partial charge in [0.15, 0.2) is 0 Å². The third-order valence-corrected chi connectivity index (χ3v) is 2.42. The van der Waals surface area contributed by atoms with Gasteiger partial charge in [-0.3, -0.25) is 4.79 Å². The summed E-state index contributed by atoms with van der Waals surface area (Å²) in [5.74, 6) is 5.78. The van der Waals surface area contributed by atoms with Crippen molar-refractivity contribution in [1.29, 1.82) is 0 Å². The lowest BCUT2D eigenvalue weighted by atomic mass is 10.1. The van der Waals surface area contributed by atoms with E-state index in [0.717, 1.165) is 0 Å². The Kier molecular flexibility index (Phi) is 6.57. The van der Waals surface area contributed by atoms with Crippen molar-refractivity contribution >= 4 is 12.0 Å². The number of amides is 2. The number of hydrogen-bond acceptors (Lipinski definition) is 5. The van der Waals surface area contributed by atoms with Crippen LogP contribution in [0.15, 0.2) is 18.2 Å². The van der Waals surface area contributed by atoms with Crippen molar-refractivity contribution in [3.63, 3.8) is 0 Å². The Hall–Kier alpha value is -2.72. The second-order valence-corrected chi connectivity index (χ2v) is 3.84. The first-order chi connectivity index (χ1) is 10.1. The first-order valence-corrected chi connectivity index (χ1v) is 6.16. The summed E-state index contributed by atoms with van der Waals surface area (Å²) in [5.41, 5.74) is 11.1. The number of methoxy groups -OCH3 is 1. The molecule has 21 heavy (non-hydrogen) atoms. The predicted octanol–water partition coefficient (Wildman–Crippen LogP) is -0.169. The molecule has 0 aliphatic heterocycles. The minimum absolute atomic E-state index is 0.0110. The molecule has 0 aliphatic carbocycles. The molecule has 0 spiro atoms. The Morgan fingerprint density at radius 2 is 2.14 bits per heavy atom. The number of ether oxygens (including phenoxy) is 2. The minimum Gasteiger partial charge on any atom is -0.495 e. The topological polar surface area (TPSA) is 117 Å². The SMILES string of the molecule is COc1ccc(C(=O)NCCOC(N)=O)cc1C#CCN. The van der Waals surface area contributed by atoms with Crippen molar-refractivity contribution in [3.8, 4) is 17.6 Å². The van der Waals surface area contributed by atoms with Gasteiger partial charge in [-0.15, -0.1) is 0 Å². The fourth-order valence-corrected chi connectivity index (χ4v) is 1.51. The van der Waals surface area contributed by atoms with Crippen molar-refractivity contribution in [2.75, 3.05) is 26.8 Å². The molecule has 7 nitrogen and oxygen atoms in total. The Labute approximate surface area is 122 Å². The summed E-state index contributed by atoms with van der Waals surface area (Å²) < 4.78 is 9.66. The predicted molar refractivity (Wildman–Crippen MR) is 76.8 cm³/mol. The van der Waals surface area contributed by atoms with Crippen LogP contribution < -0.4 is 21.5 Å². The molecule has 0 fully saturated rings. The van der Waals surface area contributed by atoms with E-state index >= 15 is 0 Å². The molecule has 5 N–H and O–H groups in total. The lowest BCUT2D eigenvalue weighted by Gasteiger charge is -2.08. The van der Waals surface area contributed by atoms with Gasteiger partial charge in [-0.25, -0.2) is 4.79 Å². The quantitative estimate of drug-likeness (QED) is 0.514. The summed E-state index contributed by atoms with van der Waals surface area (Å²) in [6.07, 6.45) is -0.881. The molecule has 1 aromatic carbocycles. The van der Waals surface area contributed by atoms with E-state index < -0.39 is 6.09 Å². The van der Waals surface area contributed by atoms with E-state index in [0.29, 0.717) is 16.9 Å². The lowest BCUT2D eigenvalue weighted by Crippen LogP contribution is -2.29. The zero-order valence-electron chi connectivity index (χ0n) is 11.6. The first kappa shape index (κ1) is 16.3. The molecular weight excluding hydrogens is 274 g/mol. The molecule has 0 saturated heterocycles. The molecule has 0 saturated carbocycles. The van der Waals surface area contributed by atoms with E-state index in [4.69, 9.17) is 16.2 Å². The number of primary amides is 1. The van der Waals surface area contributed by atoms with Crippen molar-refractivity contribution in [2.45, 2.75) is 0 Å². The third kappa shape index (κ3) is 5.42. The average molecular weight is 291 g/mol. The molecule has 1 aromatic rings. The van der Waals surface area contributed by atoms with Gasteiger partial charge in [-0.2, -0.15) is 0 Å². The van der Waals surface area contributed by atoms with Gasteiger partial charge in [0.1, 0.15) is 12.4 Å². The van der Waals surface area contributed by atoms with Gasteiger partial charge in [0.2, 0.25) is 0 Å². The summed E-state index contributed by atoms with van der Waals surface area (Å²) in [4.78, 5) is 22.3.